The van der Waals surface area contributed by atoms with Crippen molar-refractivity contribution in [2.75, 3.05) is 13.7 Å². The van der Waals surface area contributed by atoms with Crippen LogP contribution in [0.5, 0.6) is 5.75 Å². The predicted molar refractivity (Wildman–Crippen MR) is 70.4 cm³/mol. The SMILES string of the molecule is COc1cc(S(=O)(=O)NCCn2ccnc2)ccc1F. The third kappa shape index (κ3) is 3.34. The Balaban J connectivity index is 2.06. The average molecular weight is 299 g/mol. The molecule has 1 aromatic heterocycles. The molecule has 0 unspecified atom stereocenters. The van der Waals surface area contributed by atoms with Crippen LogP contribution in [0.15, 0.2) is 41.8 Å². The Labute approximate surface area is 116 Å². The van der Waals surface area contributed by atoms with Gasteiger partial charge in [-0.15, -0.1) is 0 Å². The quantitative estimate of drug-likeness (QED) is 0.864. The zero-order chi connectivity index (χ0) is 14.6. The zero-order valence-electron chi connectivity index (χ0n) is 10.8. The van der Waals surface area contributed by atoms with Crippen LogP contribution in [0, 0.1) is 5.82 Å². The summed E-state index contributed by atoms with van der Waals surface area (Å²) >= 11 is 0. The third-order valence-corrected chi connectivity index (χ3v) is 4.11. The Morgan fingerprint density at radius 2 is 2.25 bits per heavy atom. The number of nitrogens with zero attached hydrogens (tertiary/aromatic N) is 2. The fraction of sp³-hybridized carbons (Fsp3) is 0.250. The molecular weight excluding hydrogens is 285 g/mol. The molecule has 0 spiro atoms. The number of halogens is 1. The van der Waals surface area contributed by atoms with E-state index in [1.54, 1.807) is 23.3 Å². The highest BCUT2D eigenvalue weighted by Gasteiger charge is 2.16. The molecular formula is C12H14FN3O3S. The van der Waals surface area contributed by atoms with Gasteiger partial charge in [0, 0.05) is 31.5 Å². The van der Waals surface area contributed by atoms with Crippen molar-refractivity contribution >= 4 is 10.0 Å². The topological polar surface area (TPSA) is 73.2 Å². The van der Waals surface area contributed by atoms with Gasteiger partial charge in [-0.25, -0.2) is 22.5 Å². The van der Waals surface area contributed by atoms with Crippen LogP contribution in [-0.2, 0) is 16.6 Å². The summed E-state index contributed by atoms with van der Waals surface area (Å²) in [6.45, 7) is 0.663. The van der Waals surface area contributed by atoms with Gasteiger partial charge in [0.15, 0.2) is 11.6 Å². The first-order chi connectivity index (χ1) is 9.53. The van der Waals surface area contributed by atoms with Gasteiger partial charge in [0.25, 0.3) is 0 Å². The molecule has 0 fully saturated rings. The molecule has 8 heteroatoms. The standard InChI is InChI=1S/C12H14FN3O3S/c1-19-12-8-10(2-3-11(12)13)20(17,18)15-5-7-16-6-4-14-9-16/h2-4,6,8-9,15H,5,7H2,1H3. The second-order valence-corrected chi connectivity index (χ2v) is 5.76. The first kappa shape index (κ1) is 14.5. The molecule has 6 nitrogen and oxygen atoms in total. The average Bonchev–Trinajstić information content (AvgIpc) is 2.92. The molecule has 0 saturated carbocycles. The Morgan fingerprint density at radius 3 is 2.90 bits per heavy atom. The summed E-state index contributed by atoms with van der Waals surface area (Å²) in [5.41, 5.74) is 0. The highest BCUT2D eigenvalue weighted by atomic mass is 32.2. The van der Waals surface area contributed by atoms with Gasteiger partial charge in [-0.1, -0.05) is 0 Å². The Morgan fingerprint density at radius 1 is 1.45 bits per heavy atom. The number of methoxy groups -OCH3 is 1. The van der Waals surface area contributed by atoms with Gasteiger partial charge in [-0.05, 0) is 12.1 Å². The number of aromatic nitrogens is 2. The van der Waals surface area contributed by atoms with Crippen LogP contribution < -0.4 is 9.46 Å². The summed E-state index contributed by atoms with van der Waals surface area (Å²) in [5.74, 6) is -0.715. The van der Waals surface area contributed by atoms with E-state index in [9.17, 15) is 12.8 Å². The van der Waals surface area contributed by atoms with Crippen LogP contribution in [-0.4, -0.2) is 31.6 Å². The highest BCUT2D eigenvalue weighted by molar-refractivity contribution is 7.89. The molecule has 0 radical (unpaired) electrons. The van der Waals surface area contributed by atoms with Crippen molar-refractivity contribution < 1.29 is 17.5 Å². The van der Waals surface area contributed by atoms with E-state index < -0.39 is 15.8 Å². The summed E-state index contributed by atoms with van der Waals surface area (Å²) in [7, 11) is -2.41. The van der Waals surface area contributed by atoms with E-state index in [1.807, 2.05) is 0 Å². The Bertz CT molecular complexity index is 671. The van der Waals surface area contributed by atoms with Crippen molar-refractivity contribution in [2.45, 2.75) is 11.4 Å². The van der Waals surface area contributed by atoms with Gasteiger partial charge in [0.05, 0.1) is 18.3 Å². The molecule has 0 atom stereocenters. The summed E-state index contributed by atoms with van der Waals surface area (Å²) in [5, 5.41) is 0. The van der Waals surface area contributed by atoms with Crippen molar-refractivity contribution in [3.63, 3.8) is 0 Å². The Hall–Kier alpha value is -1.93. The minimum atomic E-state index is -3.69. The third-order valence-electron chi connectivity index (χ3n) is 2.65. The van der Waals surface area contributed by atoms with Crippen LogP contribution in [0.2, 0.25) is 0 Å². The second kappa shape index (κ2) is 6.02. The number of sulfonamides is 1. The van der Waals surface area contributed by atoms with E-state index in [4.69, 9.17) is 4.74 Å². The maximum Gasteiger partial charge on any atom is 0.240 e. The summed E-state index contributed by atoms with van der Waals surface area (Å²) < 4.78 is 46.2. The zero-order valence-corrected chi connectivity index (χ0v) is 11.6. The first-order valence-electron chi connectivity index (χ1n) is 5.82. The molecule has 0 saturated heterocycles. The number of imidazole rings is 1. The molecule has 0 aliphatic heterocycles. The van der Waals surface area contributed by atoms with Crippen LogP contribution >= 0.6 is 0 Å². The van der Waals surface area contributed by atoms with Crippen molar-refractivity contribution in [1.29, 1.82) is 0 Å². The number of benzene rings is 1. The lowest BCUT2D eigenvalue weighted by Crippen LogP contribution is -2.27. The Kier molecular flexibility index (Phi) is 4.35. The molecule has 1 heterocycles. The molecule has 1 aromatic carbocycles. The molecule has 2 aromatic rings. The van der Waals surface area contributed by atoms with Gasteiger partial charge >= 0.3 is 0 Å². The molecule has 108 valence electrons. The number of nitrogens with one attached hydrogen (secondary N) is 1. The van der Waals surface area contributed by atoms with Crippen molar-refractivity contribution in [3.8, 4) is 5.75 Å². The van der Waals surface area contributed by atoms with Crippen molar-refractivity contribution in [3.05, 3.63) is 42.7 Å². The number of hydrogen-bond donors (Lipinski definition) is 1. The molecule has 1 N–H and O–H groups in total. The lowest BCUT2D eigenvalue weighted by Gasteiger charge is -2.09. The smallest absolute Gasteiger partial charge is 0.240 e. The summed E-state index contributed by atoms with van der Waals surface area (Å²) in [6, 6.07) is 3.40. The van der Waals surface area contributed by atoms with E-state index >= 15 is 0 Å². The fourth-order valence-corrected chi connectivity index (χ4v) is 2.65. The predicted octanol–water partition coefficient (Wildman–Crippen LogP) is 1.01. The van der Waals surface area contributed by atoms with Crippen LogP contribution in [0.25, 0.3) is 0 Å². The molecule has 0 bridgehead atoms. The largest absolute Gasteiger partial charge is 0.494 e. The van der Waals surface area contributed by atoms with Gasteiger partial charge in [0.2, 0.25) is 10.0 Å². The second-order valence-electron chi connectivity index (χ2n) is 3.99. The minimum Gasteiger partial charge on any atom is -0.494 e. The van der Waals surface area contributed by atoms with Crippen LogP contribution in [0.1, 0.15) is 0 Å². The van der Waals surface area contributed by atoms with Gasteiger partial charge in [0.1, 0.15) is 0 Å². The normalized spacial score (nSPS) is 11.5. The van der Waals surface area contributed by atoms with Gasteiger partial charge in [-0.2, -0.15) is 0 Å². The van der Waals surface area contributed by atoms with E-state index in [0.717, 1.165) is 12.1 Å². The van der Waals surface area contributed by atoms with E-state index in [-0.39, 0.29) is 17.2 Å². The molecule has 2 rings (SSSR count). The highest BCUT2D eigenvalue weighted by Crippen LogP contribution is 2.21. The number of ether oxygens (including phenoxy) is 1. The van der Waals surface area contributed by atoms with Crippen molar-refractivity contribution in [1.82, 2.24) is 14.3 Å². The lowest BCUT2D eigenvalue weighted by atomic mass is 10.3. The maximum absolute atomic E-state index is 13.2. The van der Waals surface area contributed by atoms with Crippen LogP contribution in [0.4, 0.5) is 4.39 Å². The van der Waals surface area contributed by atoms with E-state index in [2.05, 4.69) is 9.71 Å². The lowest BCUT2D eigenvalue weighted by molar-refractivity contribution is 0.385. The van der Waals surface area contributed by atoms with E-state index in [1.165, 1.54) is 13.2 Å². The fourth-order valence-electron chi connectivity index (χ4n) is 1.62. The molecule has 0 aliphatic carbocycles. The monoisotopic (exact) mass is 299 g/mol. The molecule has 0 aliphatic rings. The number of rotatable bonds is 6. The van der Waals surface area contributed by atoms with Crippen molar-refractivity contribution in [2.24, 2.45) is 0 Å². The minimum absolute atomic E-state index is 0.0404. The molecule has 20 heavy (non-hydrogen) atoms. The van der Waals surface area contributed by atoms with Gasteiger partial charge in [-0.3, -0.25) is 0 Å². The van der Waals surface area contributed by atoms with E-state index in [0.29, 0.717) is 6.54 Å². The summed E-state index contributed by atoms with van der Waals surface area (Å²) in [6.07, 6.45) is 4.93. The van der Waals surface area contributed by atoms with Crippen LogP contribution in [0.3, 0.4) is 0 Å². The number of hydrogen-bond acceptors (Lipinski definition) is 4. The summed E-state index contributed by atoms with van der Waals surface area (Å²) in [4.78, 5) is 3.81. The maximum atomic E-state index is 13.2. The van der Waals surface area contributed by atoms with Gasteiger partial charge < -0.3 is 9.30 Å². The molecule has 0 amide bonds. The first-order valence-corrected chi connectivity index (χ1v) is 7.30.